The monoisotopic (exact) mass is 262 g/mol. The molecule has 0 saturated heterocycles. The van der Waals surface area contributed by atoms with Crippen LogP contribution in [0.5, 0.6) is 5.75 Å². The van der Waals surface area contributed by atoms with Gasteiger partial charge in [0.05, 0.1) is 14.9 Å². The molecule has 1 N–H and O–H groups in total. The number of phenols is 1. The molecule has 7 heteroatoms. The van der Waals surface area contributed by atoms with Gasteiger partial charge in [0.1, 0.15) is 5.75 Å². The molecule has 1 nitrogen and oxygen atoms in total. The summed E-state index contributed by atoms with van der Waals surface area (Å²) in [5.41, 5.74) is -4.51. The third kappa shape index (κ3) is 2.87. The molecule has 0 saturated carbocycles. The highest BCUT2D eigenvalue weighted by atomic mass is 35.5. The molecule has 0 fully saturated rings. The van der Waals surface area contributed by atoms with Gasteiger partial charge in [0.25, 0.3) is 0 Å². The van der Waals surface area contributed by atoms with Crippen LogP contribution in [0.15, 0.2) is 17.0 Å². The van der Waals surface area contributed by atoms with Crippen LogP contribution in [0.4, 0.5) is 13.2 Å². The van der Waals surface area contributed by atoms with E-state index in [1.165, 1.54) is 12.1 Å². The Morgan fingerprint density at radius 3 is 2.14 bits per heavy atom. The van der Waals surface area contributed by atoms with E-state index in [1.807, 2.05) is 0 Å². The summed E-state index contributed by atoms with van der Waals surface area (Å²) in [6.07, 6.45) is 0. The first-order valence-electron chi connectivity index (χ1n) is 3.24. The highest BCUT2D eigenvalue weighted by Gasteiger charge is 2.32. The van der Waals surface area contributed by atoms with E-state index in [-0.39, 0.29) is 10.0 Å². The van der Waals surface area contributed by atoms with E-state index >= 15 is 0 Å². The first kappa shape index (κ1) is 11.8. The predicted octanol–water partition coefficient (Wildman–Crippen LogP) is 4.31. The van der Waals surface area contributed by atoms with Gasteiger partial charge in [-0.2, -0.15) is 13.2 Å². The van der Waals surface area contributed by atoms with Crippen LogP contribution in [0.2, 0.25) is 10.0 Å². The average molecular weight is 263 g/mol. The van der Waals surface area contributed by atoms with Crippen molar-refractivity contribution < 1.29 is 18.3 Å². The molecule has 0 radical (unpaired) electrons. The van der Waals surface area contributed by atoms with Crippen molar-refractivity contribution in [2.75, 3.05) is 0 Å². The molecule has 0 amide bonds. The maximum absolute atomic E-state index is 12.0. The predicted molar refractivity (Wildman–Crippen MR) is 50.0 cm³/mol. The number of benzene rings is 1. The number of thioether (sulfide) groups is 1. The maximum atomic E-state index is 12.0. The summed E-state index contributed by atoms with van der Waals surface area (Å²) in [6, 6.07) is 2.41. The van der Waals surface area contributed by atoms with Gasteiger partial charge in [0.2, 0.25) is 0 Å². The van der Waals surface area contributed by atoms with Gasteiger partial charge in [-0.15, -0.1) is 0 Å². The minimum Gasteiger partial charge on any atom is -0.505 e. The maximum Gasteiger partial charge on any atom is 0.446 e. The van der Waals surface area contributed by atoms with Crippen molar-refractivity contribution in [2.45, 2.75) is 10.4 Å². The van der Waals surface area contributed by atoms with Crippen LogP contribution in [0.1, 0.15) is 0 Å². The molecule has 0 bridgehead atoms. The van der Waals surface area contributed by atoms with E-state index < -0.39 is 27.9 Å². The Balaban J connectivity index is 3.13. The molecule has 1 aromatic rings. The van der Waals surface area contributed by atoms with Crippen molar-refractivity contribution in [3.63, 3.8) is 0 Å². The van der Waals surface area contributed by atoms with Crippen LogP contribution in [-0.2, 0) is 0 Å². The lowest BCUT2D eigenvalue weighted by molar-refractivity contribution is -0.0328. The van der Waals surface area contributed by atoms with Crippen LogP contribution >= 0.6 is 35.0 Å². The number of alkyl halides is 3. The fourth-order valence-corrected chi connectivity index (χ4v) is 1.82. The molecular weight excluding hydrogens is 260 g/mol. The molecule has 0 aliphatic heterocycles. The van der Waals surface area contributed by atoms with Crippen molar-refractivity contribution in [1.82, 2.24) is 0 Å². The highest BCUT2D eigenvalue weighted by molar-refractivity contribution is 8.00. The number of phenolic OH excluding ortho intramolecular Hbond substituents is 1. The van der Waals surface area contributed by atoms with Gasteiger partial charge in [-0.1, -0.05) is 23.2 Å². The van der Waals surface area contributed by atoms with Gasteiger partial charge >= 0.3 is 5.51 Å². The first-order valence-corrected chi connectivity index (χ1v) is 4.81. The van der Waals surface area contributed by atoms with Crippen molar-refractivity contribution in [1.29, 1.82) is 0 Å². The Hall–Kier alpha value is -0.260. The van der Waals surface area contributed by atoms with Crippen LogP contribution in [0.25, 0.3) is 0 Å². The normalized spacial score (nSPS) is 11.8. The zero-order valence-electron chi connectivity index (χ0n) is 6.40. The quantitative estimate of drug-likeness (QED) is 0.762. The molecule has 78 valence electrons. The summed E-state index contributed by atoms with van der Waals surface area (Å²) < 4.78 is 35.9. The largest absolute Gasteiger partial charge is 0.505 e. The summed E-state index contributed by atoms with van der Waals surface area (Å²) in [7, 11) is 0. The van der Waals surface area contributed by atoms with Gasteiger partial charge in [-0.25, -0.2) is 0 Å². The number of rotatable bonds is 1. The minimum atomic E-state index is -4.51. The fourth-order valence-electron chi connectivity index (χ4n) is 0.735. The lowest BCUT2D eigenvalue weighted by atomic mass is 10.3. The summed E-state index contributed by atoms with van der Waals surface area (Å²) >= 11 is 10.4. The van der Waals surface area contributed by atoms with E-state index in [2.05, 4.69) is 0 Å². The van der Waals surface area contributed by atoms with Gasteiger partial charge in [0.15, 0.2) is 0 Å². The van der Waals surface area contributed by atoms with Crippen LogP contribution in [0.3, 0.4) is 0 Å². The first-order chi connectivity index (χ1) is 6.31. The Morgan fingerprint density at radius 2 is 1.64 bits per heavy atom. The van der Waals surface area contributed by atoms with Crippen molar-refractivity contribution in [3.05, 3.63) is 22.2 Å². The number of hydrogen-bond acceptors (Lipinski definition) is 2. The standard InChI is InChI=1S/C7H3Cl2F3OS/c8-3-1-2-4(9)6(5(3)13)14-7(10,11)12/h1-2,13H. The van der Waals surface area contributed by atoms with E-state index in [0.717, 1.165) is 0 Å². The Kier molecular flexibility index (Phi) is 3.44. The fraction of sp³-hybridized carbons (Fsp3) is 0.143. The summed E-state index contributed by atoms with van der Waals surface area (Å²) in [5, 5.41) is 8.85. The number of hydrogen-bond donors (Lipinski definition) is 1. The molecule has 0 aliphatic rings. The molecule has 1 aromatic carbocycles. The minimum absolute atomic E-state index is 0.166. The Bertz CT molecular complexity index is 354. The molecule has 0 atom stereocenters. The van der Waals surface area contributed by atoms with E-state index in [9.17, 15) is 18.3 Å². The molecule has 0 heterocycles. The van der Waals surface area contributed by atoms with Gasteiger partial charge in [-0.3, -0.25) is 0 Å². The van der Waals surface area contributed by atoms with Crippen LogP contribution in [-0.4, -0.2) is 10.6 Å². The topological polar surface area (TPSA) is 20.2 Å². The second-order valence-electron chi connectivity index (χ2n) is 2.25. The Labute approximate surface area is 91.8 Å². The van der Waals surface area contributed by atoms with E-state index in [1.54, 1.807) is 0 Å². The second kappa shape index (κ2) is 4.08. The van der Waals surface area contributed by atoms with E-state index in [0.29, 0.717) is 0 Å². The van der Waals surface area contributed by atoms with Crippen molar-refractivity contribution in [3.8, 4) is 5.75 Å². The number of halogens is 5. The van der Waals surface area contributed by atoms with Crippen molar-refractivity contribution in [2.24, 2.45) is 0 Å². The van der Waals surface area contributed by atoms with Crippen LogP contribution < -0.4 is 0 Å². The summed E-state index contributed by atoms with van der Waals surface area (Å²) in [5.74, 6) is -0.651. The Morgan fingerprint density at radius 1 is 1.14 bits per heavy atom. The number of aromatic hydroxyl groups is 1. The van der Waals surface area contributed by atoms with E-state index in [4.69, 9.17) is 23.2 Å². The zero-order chi connectivity index (χ0) is 10.9. The third-order valence-electron chi connectivity index (χ3n) is 1.25. The average Bonchev–Trinajstić information content (AvgIpc) is 2.04. The molecule has 1 rings (SSSR count). The SMILES string of the molecule is Oc1c(Cl)ccc(Cl)c1SC(F)(F)F. The zero-order valence-corrected chi connectivity index (χ0v) is 8.73. The summed E-state index contributed by atoms with van der Waals surface area (Å²) in [6.45, 7) is 0. The summed E-state index contributed by atoms with van der Waals surface area (Å²) in [4.78, 5) is -0.480. The second-order valence-corrected chi connectivity index (χ2v) is 4.14. The van der Waals surface area contributed by atoms with Gasteiger partial charge in [-0.05, 0) is 23.9 Å². The van der Waals surface area contributed by atoms with Gasteiger partial charge in [0, 0.05) is 0 Å². The smallest absolute Gasteiger partial charge is 0.446 e. The molecule has 14 heavy (non-hydrogen) atoms. The lowest BCUT2D eigenvalue weighted by Crippen LogP contribution is -1.99. The van der Waals surface area contributed by atoms with Gasteiger partial charge < -0.3 is 5.11 Å². The lowest BCUT2D eigenvalue weighted by Gasteiger charge is -2.09. The third-order valence-corrected chi connectivity index (χ3v) is 2.83. The molecule has 0 spiro atoms. The molecule has 0 aromatic heterocycles. The molecule has 0 aliphatic carbocycles. The molecular formula is C7H3Cl2F3OS. The highest BCUT2D eigenvalue weighted by Crippen LogP contribution is 2.46. The van der Waals surface area contributed by atoms with Crippen molar-refractivity contribution >= 4 is 35.0 Å². The van der Waals surface area contributed by atoms with Crippen LogP contribution in [0, 0.1) is 0 Å². The molecule has 0 unspecified atom stereocenters.